The molecule has 210 valence electrons. The maximum Gasteiger partial charge on any atom is 0.303 e. The number of benzene rings is 2. The Balaban J connectivity index is 1.54. The molecule has 0 bridgehead atoms. The number of hydrogen-bond acceptors (Lipinski definition) is 6. The Labute approximate surface area is 242 Å². The molecule has 1 saturated carbocycles. The fourth-order valence-corrected chi connectivity index (χ4v) is 4.93. The van der Waals surface area contributed by atoms with Gasteiger partial charge in [0.1, 0.15) is 11.5 Å². The first-order chi connectivity index (χ1) is 19.2. The van der Waals surface area contributed by atoms with Crippen molar-refractivity contribution in [2.45, 2.75) is 31.7 Å². The van der Waals surface area contributed by atoms with Gasteiger partial charge < -0.3 is 30.7 Å². The number of fused-ring (bicyclic) bond motifs is 1. The number of ether oxygens (including phenoxy) is 1. The largest absolute Gasteiger partial charge is 0.481 e. The van der Waals surface area contributed by atoms with Crippen molar-refractivity contribution in [2.75, 3.05) is 29.4 Å². The number of amides is 2. The van der Waals surface area contributed by atoms with Gasteiger partial charge in [0.15, 0.2) is 0 Å². The van der Waals surface area contributed by atoms with Crippen LogP contribution in [-0.2, 0) is 9.59 Å². The van der Waals surface area contributed by atoms with Crippen molar-refractivity contribution < 1.29 is 24.2 Å². The van der Waals surface area contributed by atoms with Gasteiger partial charge in [0, 0.05) is 44.4 Å². The van der Waals surface area contributed by atoms with E-state index in [1.165, 1.54) is 30.5 Å². The second kappa shape index (κ2) is 12.9. The van der Waals surface area contributed by atoms with Crippen LogP contribution in [0.15, 0.2) is 72.7 Å². The molecule has 2 aliphatic rings. The summed E-state index contributed by atoms with van der Waals surface area (Å²) in [6.07, 6.45) is 6.62. The molecule has 0 atom stereocenters. The molecule has 0 saturated heterocycles. The summed E-state index contributed by atoms with van der Waals surface area (Å²) in [6.45, 7) is 5.07. The van der Waals surface area contributed by atoms with Crippen LogP contribution in [0.3, 0.4) is 0 Å². The molecule has 1 fully saturated rings. The Morgan fingerprint density at radius 2 is 1.85 bits per heavy atom. The molecule has 1 aliphatic heterocycles. The van der Waals surface area contributed by atoms with Crippen molar-refractivity contribution in [2.24, 2.45) is 5.73 Å². The number of nitrogens with two attached hydrogens (primary N) is 1. The zero-order chi connectivity index (χ0) is 28.8. The summed E-state index contributed by atoms with van der Waals surface area (Å²) in [6, 6.07) is 11.0. The molecule has 2 aromatic carbocycles. The van der Waals surface area contributed by atoms with Crippen LogP contribution < -0.4 is 25.6 Å². The molecule has 0 radical (unpaired) electrons. The first-order valence-corrected chi connectivity index (χ1v) is 13.6. The molecule has 4 N–H and O–H groups in total. The summed E-state index contributed by atoms with van der Waals surface area (Å²) in [5.74, 6) is -1.60. The van der Waals surface area contributed by atoms with Crippen molar-refractivity contribution in [3.05, 3.63) is 88.3 Å². The number of anilines is 2. The molecule has 4 rings (SSSR count). The zero-order valence-electron chi connectivity index (χ0n) is 21.7. The van der Waals surface area contributed by atoms with E-state index in [4.69, 9.17) is 38.8 Å². The number of allylic oxidation sites excluding steroid dienone is 2. The van der Waals surface area contributed by atoms with Gasteiger partial charge in [0.05, 0.1) is 32.6 Å². The van der Waals surface area contributed by atoms with Gasteiger partial charge in [0.25, 0.3) is 11.8 Å². The number of nitrogens with one attached hydrogen (secondary N) is 1. The fourth-order valence-electron chi connectivity index (χ4n) is 4.49. The third kappa shape index (κ3) is 6.60. The average molecular weight is 585 g/mol. The highest BCUT2D eigenvalue weighted by Crippen LogP contribution is 2.41. The van der Waals surface area contributed by atoms with E-state index in [0.717, 1.165) is 24.2 Å². The van der Waals surface area contributed by atoms with Crippen LogP contribution in [0.5, 0.6) is 5.75 Å². The number of nitrogens with zero attached hydrogens (tertiary/aromatic N) is 2. The van der Waals surface area contributed by atoms with Gasteiger partial charge in [-0.1, -0.05) is 48.0 Å². The number of aliphatic carboxylic acids is 1. The van der Waals surface area contributed by atoms with Crippen molar-refractivity contribution in [3.63, 3.8) is 0 Å². The summed E-state index contributed by atoms with van der Waals surface area (Å²) in [5, 5.41) is 11.5. The molecule has 2 aromatic rings. The van der Waals surface area contributed by atoms with E-state index < -0.39 is 11.9 Å². The minimum Gasteiger partial charge on any atom is -0.481 e. The SMILES string of the molecule is C=C/C=C(Oc1cc(Cl)c(C(=O)NCCCC(=O)O)cc1Cl)\C(=C/N)C(=O)N1CCN(C2CC2)c2ccccc21. The third-order valence-electron chi connectivity index (χ3n) is 6.55. The van der Waals surface area contributed by atoms with Crippen LogP contribution in [-0.4, -0.2) is 48.6 Å². The summed E-state index contributed by atoms with van der Waals surface area (Å²) in [7, 11) is 0. The van der Waals surface area contributed by atoms with E-state index in [0.29, 0.717) is 19.1 Å². The van der Waals surface area contributed by atoms with Gasteiger partial charge in [-0.3, -0.25) is 14.4 Å². The van der Waals surface area contributed by atoms with E-state index >= 15 is 0 Å². The number of carbonyl (C=O) groups is 3. The van der Waals surface area contributed by atoms with Crippen molar-refractivity contribution >= 4 is 52.4 Å². The van der Waals surface area contributed by atoms with Crippen molar-refractivity contribution in [1.29, 1.82) is 0 Å². The zero-order valence-corrected chi connectivity index (χ0v) is 23.3. The smallest absolute Gasteiger partial charge is 0.303 e. The number of rotatable bonds is 11. The lowest BCUT2D eigenvalue weighted by Gasteiger charge is -2.38. The quantitative estimate of drug-likeness (QED) is 0.148. The lowest BCUT2D eigenvalue weighted by Crippen LogP contribution is -2.45. The van der Waals surface area contributed by atoms with E-state index in [1.54, 1.807) is 4.90 Å². The summed E-state index contributed by atoms with van der Waals surface area (Å²) >= 11 is 12.8. The predicted octanol–water partition coefficient (Wildman–Crippen LogP) is 4.89. The molecule has 0 aromatic heterocycles. The van der Waals surface area contributed by atoms with Gasteiger partial charge in [-0.25, -0.2) is 0 Å². The maximum atomic E-state index is 13.8. The number of hydrogen-bond donors (Lipinski definition) is 3. The van der Waals surface area contributed by atoms with E-state index in [9.17, 15) is 14.4 Å². The van der Waals surface area contributed by atoms with Crippen molar-refractivity contribution in [3.8, 4) is 5.75 Å². The standard InChI is InChI=1S/C29H30Cl2N4O5/c1-2-6-25(40-26-16-21(30)19(15-22(26)31)28(38)33-12-5-9-27(36)37)20(17-32)29(39)35-14-13-34(18-10-11-18)23-7-3-4-8-24(23)35/h2-4,6-8,15-18H,1,5,9-14,32H2,(H,33,38)(H,36,37)/b20-17+,25-6+. The first kappa shape index (κ1) is 29.0. The number of carboxylic acid groups (broad SMARTS) is 1. The van der Waals surface area contributed by atoms with Gasteiger partial charge in [0.2, 0.25) is 0 Å². The number of halogens is 2. The van der Waals surface area contributed by atoms with Gasteiger partial charge >= 0.3 is 5.97 Å². The van der Waals surface area contributed by atoms with Gasteiger partial charge in [-0.15, -0.1) is 0 Å². The minimum atomic E-state index is -0.950. The Morgan fingerprint density at radius 3 is 2.50 bits per heavy atom. The summed E-state index contributed by atoms with van der Waals surface area (Å²) in [5.41, 5.74) is 7.95. The third-order valence-corrected chi connectivity index (χ3v) is 7.16. The Bertz CT molecular complexity index is 1390. The normalized spacial score (nSPS) is 15.3. The van der Waals surface area contributed by atoms with Crippen LogP contribution in [0.4, 0.5) is 11.4 Å². The number of carboxylic acids is 1. The van der Waals surface area contributed by atoms with Crippen LogP contribution in [0.25, 0.3) is 0 Å². The van der Waals surface area contributed by atoms with E-state index in [-0.39, 0.29) is 58.0 Å². The molecule has 2 amide bonds. The molecule has 1 aliphatic carbocycles. The fraction of sp³-hybridized carbons (Fsp3) is 0.276. The lowest BCUT2D eigenvalue weighted by molar-refractivity contribution is -0.137. The maximum absolute atomic E-state index is 13.8. The summed E-state index contributed by atoms with van der Waals surface area (Å²) in [4.78, 5) is 41.0. The molecule has 11 heteroatoms. The van der Waals surface area contributed by atoms with Crippen LogP contribution >= 0.6 is 23.2 Å². The molecular weight excluding hydrogens is 555 g/mol. The molecule has 0 unspecified atom stereocenters. The van der Waals surface area contributed by atoms with Gasteiger partial charge in [-0.05, 0) is 43.5 Å². The van der Waals surface area contributed by atoms with Gasteiger partial charge in [-0.2, -0.15) is 0 Å². The lowest BCUT2D eigenvalue weighted by atomic mass is 10.1. The Morgan fingerprint density at radius 1 is 1.12 bits per heavy atom. The van der Waals surface area contributed by atoms with Crippen LogP contribution in [0.2, 0.25) is 10.0 Å². The molecule has 9 nitrogen and oxygen atoms in total. The Kier molecular flexibility index (Phi) is 9.39. The number of carbonyl (C=O) groups excluding carboxylic acids is 2. The topological polar surface area (TPSA) is 125 Å². The highest BCUT2D eigenvalue weighted by Gasteiger charge is 2.36. The Hall–Kier alpha value is -3.95. The van der Waals surface area contributed by atoms with Crippen molar-refractivity contribution in [1.82, 2.24) is 5.32 Å². The molecule has 0 spiro atoms. The predicted molar refractivity (Wildman–Crippen MR) is 156 cm³/mol. The van der Waals surface area contributed by atoms with Crippen LogP contribution in [0.1, 0.15) is 36.0 Å². The molecule has 40 heavy (non-hydrogen) atoms. The average Bonchev–Trinajstić information content (AvgIpc) is 3.78. The minimum absolute atomic E-state index is 0.0582. The highest BCUT2D eigenvalue weighted by atomic mass is 35.5. The molecule has 1 heterocycles. The first-order valence-electron chi connectivity index (χ1n) is 12.8. The highest BCUT2D eigenvalue weighted by molar-refractivity contribution is 6.36. The van der Waals surface area contributed by atoms with Crippen LogP contribution in [0, 0.1) is 0 Å². The molecular formula is C29H30Cl2N4O5. The summed E-state index contributed by atoms with van der Waals surface area (Å²) < 4.78 is 6.02. The second-order valence-corrected chi connectivity index (χ2v) is 10.1. The monoisotopic (exact) mass is 584 g/mol. The second-order valence-electron chi connectivity index (χ2n) is 9.33. The number of para-hydroxylation sites is 2. The van der Waals surface area contributed by atoms with E-state index in [1.807, 2.05) is 24.3 Å². The van der Waals surface area contributed by atoms with E-state index in [2.05, 4.69) is 16.8 Å².